The molecule has 0 N–H and O–H groups in total. The number of benzene rings is 3. The van der Waals surface area contributed by atoms with Crippen molar-refractivity contribution in [2.24, 2.45) is 0 Å². The molecule has 34 heavy (non-hydrogen) atoms. The van der Waals surface area contributed by atoms with E-state index in [0.717, 1.165) is 16.7 Å². The van der Waals surface area contributed by atoms with Crippen molar-refractivity contribution in [2.45, 2.75) is 6.61 Å². The summed E-state index contributed by atoms with van der Waals surface area (Å²) in [4.78, 5) is 18.0. The van der Waals surface area contributed by atoms with Crippen LogP contribution in [-0.4, -0.2) is 28.8 Å². The van der Waals surface area contributed by atoms with Gasteiger partial charge in [-0.15, -0.1) is 5.10 Å². The summed E-state index contributed by atoms with van der Waals surface area (Å²) in [7, 11) is 3.19. The van der Waals surface area contributed by atoms with E-state index in [1.165, 1.54) is 15.9 Å². The van der Waals surface area contributed by atoms with E-state index in [-0.39, 0.29) is 5.56 Å². The number of fused-ring (bicyclic) bond motifs is 1. The second-order valence-electron chi connectivity index (χ2n) is 7.43. The third-order valence-corrected chi connectivity index (χ3v) is 6.21. The Balaban J connectivity index is 1.44. The third kappa shape index (κ3) is 4.23. The Morgan fingerprint density at radius 2 is 1.68 bits per heavy atom. The molecule has 2 aromatic heterocycles. The van der Waals surface area contributed by atoms with Crippen LogP contribution >= 0.6 is 11.3 Å². The number of nitrogens with zero attached hydrogens (tertiary/aromatic N) is 3. The highest BCUT2D eigenvalue weighted by Gasteiger charge is 2.15. The first-order valence-electron chi connectivity index (χ1n) is 10.6. The van der Waals surface area contributed by atoms with Crippen LogP contribution in [-0.2, 0) is 6.61 Å². The molecule has 7 nitrogen and oxygen atoms in total. The molecule has 170 valence electrons. The van der Waals surface area contributed by atoms with Crippen molar-refractivity contribution in [3.05, 3.63) is 98.8 Å². The highest BCUT2D eigenvalue weighted by atomic mass is 32.1. The number of hydrogen-bond acceptors (Lipinski definition) is 7. The molecular weight excluding hydrogens is 450 g/mol. The Kier molecular flexibility index (Phi) is 5.97. The largest absolute Gasteiger partial charge is 0.496 e. The van der Waals surface area contributed by atoms with Crippen molar-refractivity contribution >= 4 is 22.4 Å². The van der Waals surface area contributed by atoms with Crippen LogP contribution < -0.4 is 24.3 Å². The number of methoxy groups -OCH3 is 2. The maximum atomic E-state index is 13.0. The lowest BCUT2D eigenvalue weighted by molar-refractivity contribution is 0.284. The summed E-state index contributed by atoms with van der Waals surface area (Å²) in [5, 5.41) is 4.41. The summed E-state index contributed by atoms with van der Waals surface area (Å²) in [5.74, 6) is 2.33. The van der Waals surface area contributed by atoms with Gasteiger partial charge in [0.1, 0.15) is 12.4 Å². The maximum Gasteiger partial charge on any atom is 0.291 e. The molecule has 0 saturated heterocycles. The second-order valence-corrected chi connectivity index (χ2v) is 8.44. The fourth-order valence-corrected chi connectivity index (χ4v) is 4.46. The molecular formula is C26H21N3O4S. The van der Waals surface area contributed by atoms with E-state index in [1.54, 1.807) is 20.3 Å². The average molecular weight is 472 g/mol. The van der Waals surface area contributed by atoms with Gasteiger partial charge in [-0.25, -0.2) is 0 Å². The first-order chi connectivity index (χ1) is 16.7. The van der Waals surface area contributed by atoms with E-state index < -0.39 is 0 Å². The number of rotatable bonds is 7. The predicted molar refractivity (Wildman–Crippen MR) is 132 cm³/mol. The van der Waals surface area contributed by atoms with Crippen LogP contribution in [0, 0.1) is 0 Å². The molecule has 0 aliphatic heterocycles. The molecule has 5 rings (SSSR count). The van der Waals surface area contributed by atoms with Gasteiger partial charge in [0.15, 0.2) is 17.3 Å². The van der Waals surface area contributed by atoms with E-state index in [2.05, 4.69) is 10.1 Å². The summed E-state index contributed by atoms with van der Waals surface area (Å²) < 4.78 is 18.7. The molecule has 2 heterocycles. The minimum absolute atomic E-state index is 0.225. The lowest BCUT2D eigenvalue weighted by Crippen LogP contribution is -2.23. The summed E-state index contributed by atoms with van der Waals surface area (Å²) in [6, 6.07) is 22.9. The minimum atomic E-state index is -0.225. The molecule has 0 saturated carbocycles. The molecule has 0 spiro atoms. The summed E-state index contributed by atoms with van der Waals surface area (Å²) in [6.45, 7) is 0.438. The van der Waals surface area contributed by atoms with Gasteiger partial charge < -0.3 is 14.2 Å². The Morgan fingerprint density at radius 3 is 2.44 bits per heavy atom. The molecule has 0 radical (unpaired) electrons. The Morgan fingerprint density at radius 1 is 0.912 bits per heavy atom. The molecule has 0 atom stereocenters. The Labute approximate surface area is 199 Å². The lowest BCUT2D eigenvalue weighted by atomic mass is 10.2. The Bertz CT molecular complexity index is 1560. The fraction of sp³-hybridized carbons (Fsp3) is 0.115. The average Bonchev–Trinajstić information content (AvgIpc) is 3.42. The molecule has 0 amide bonds. The van der Waals surface area contributed by atoms with Crippen molar-refractivity contribution in [3.63, 3.8) is 0 Å². The minimum Gasteiger partial charge on any atom is -0.496 e. The van der Waals surface area contributed by atoms with Gasteiger partial charge in [-0.05, 0) is 41.5 Å². The van der Waals surface area contributed by atoms with Crippen LogP contribution in [0.2, 0.25) is 0 Å². The third-order valence-electron chi connectivity index (χ3n) is 5.25. The van der Waals surface area contributed by atoms with Gasteiger partial charge in [-0.3, -0.25) is 4.79 Å². The first-order valence-corrected chi connectivity index (χ1v) is 11.4. The molecule has 0 bridgehead atoms. The second kappa shape index (κ2) is 9.36. The van der Waals surface area contributed by atoms with Crippen LogP contribution in [0.3, 0.4) is 0 Å². The summed E-state index contributed by atoms with van der Waals surface area (Å²) in [6.07, 6.45) is 1.80. The van der Waals surface area contributed by atoms with Crippen molar-refractivity contribution in [2.75, 3.05) is 14.2 Å². The normalized spacial score (nSPS) is 11.6. The quantitative estimate of drug-likeness (QED) is 0.358. The van der Waals surface area contributed by atoms with Crippen LogP contribution in [0.15, 0.2) is 77.6 Å². The van der Waals surface area contributed by atoms with Crippen LogP contribution in [0.1, 0.15) is 11.1 Å². The van der Waals surface area contributed by atoms with Crippen LogP contribution in [0.25, 0.3) is 22.4 Å². The van der Waals surface area contributed by atoms with Crippen LogP contribution in [0.4, 0.5) is 0 Å². The zero-order valence-corrected chi connectivity index (χ0v) is 19.4. The van der Waals surface area contributed by atoms with Gasteiger partial charge in [0, 0.05) is 0 Å². The van der Waals surface area contributed by atoms with Gasteiger partial charge in [0.25, 0.3) is 5.56 Å². The van der Waals surface area contributed by atoms with E-state index >= 15 is 0 Å². The van der Waals surface area contributed by atoms with Gasteiger partial charge in [0.05, 0.1) is 24.3 Å². The zero-order chi connectivity index (χ0) is 23.5. The highest BCUT2D eigenvalue weighted by Crippen LogP contribution is 2.29. The molecule has 0 fully saturated rings. The van der Waals surface area contributed by atoms with Crippen molar-refractivity contribution in [1.29, 1.82) is 0 Å². The van der Waals surface area contributed by atoms with Crippen molar-refractivity contribution < 1.29 is 14.2 Å². The number of para-hydroxylation sites is 1. The molecule has 0 aliphatic carbocycles. The van der Waals surface area contributed by atoms with Gasteiger partial charge >= 0.3 is 0 Å². The van der Waals surface area contributed by atoms with E-state index in [4.69, 9.17) is 14.2 Å². The molecule has 8 heteroatoms. The number of hydrogen-bond donors (Lipinski definition) is 0. The van der Waals surface area contributed by atoms with Gasteiger partial charge in [-0.2, -0.15) is 9.50 Å². The zero-order valence-electron chi connectivity index (χ0n) is 18.6. The smallest absolute Gasteiger partial charge is 0.291 e. The molecule has 5 aromatic rings. The van der Waals surface area contributed by atoms with Crippen molar-refractivity contribution in [1.82, 2.24) is 14.6 Å². The summed E-state index contributed by atoms with van der Waals surface area (Å²) in [5.41, 5.74) is 2.40. The van der Waals surface area contributed by atoms with E-state index in [0.29, 0.717) is 39.2 Å². The standard InChI is InChI=1S/C26H21N3O4S/c1-31-20-11-7-6-10-19(20)24-27-26-29(28-24)25(30)23(34-26)15-18-12-13-21(22(14-18)32-2)33-16-17-8-4-3-5-9-17/h3-15H,16H2,1-2H3. The first kappa shape index (κ1) is 21.7. The van der Waals surface area contributed by atoms with E-state index in [9.17, 15) is 4.79 Å². The molecule has 0 unspecified atom stereocenters. The van der Waals surface area contributed by atoms with Crippen molar-refractivity contribution in [3.8, 4) is 28.6 Å². The Hall–Kier alpha value is -4.17. The number of ether oxygens (including phenoxy) is 3. The molecule has 0 aliphatic rings. The summed E-state index contributed by atoms with van der Waals surface area (Å²) >= 11 is 1.28. The van der Waals surface area contributed by atoms with Gasteiger partial charge in [0.2, 0.25) is 4.96 Å². The van der Waals surface area contributed by atoms with Crippen LogP contribution in [0.5, 0.6) is 17.2 Å². The monoisotopic (exact) mass is 471 g/mol. The predicted octanol–water partition coefficient (Wildman–Crippen LogP) is 3.96. The number of aromatic nitrogens is 3. The van der Waals surface area contributed by atoms with E-state index in [1.807, 2.05) is 72.8 Å². The molecule has 3 aromatic carbocycles. The topological polar surface area (TPSA) is 75.0 Å². The maximum absolute atomic E-state index is 13.0. The van der Waals surface area contributed by atoms with Gasteiger partial charge in [-0.1, -0.05) is 59.9 Å². The SMILES string of the molecule is COc1cc(C=c2sc3nc(-c4ccccc4OC)nn3c2=O)ccc1OCc1ccccc1. The fourth-order valence-electron chi connectivity index (χ4n) is 3.56. The number of thiazole rings is 1. The lowest BCUT2D eigenvalue weighted by Gasteiger charge is -2.11. The highest BCUT2D eigenvalue weighted by molar-refractivity contribution is 7.15.